The second kappa shape index (κ2) is 34.2. The lowest BCUT2D eigenvalue weighted by Gasteiger charge is -2.47. The Morgan fingerprint density at radius 2 is 0.698 bits per heavy atom. The highest BCUT2D eigenvalue weighted by molar-refractivity contribution is 5.81. The Morgan fingerprint density at radius 1 is 0.357 bits per heavy atom. The highest BCUT2D eigenvalue weighted by Gasteiger charge is 2.61. The standard InChI is InChI=1S/3C29H32O13/c3*1-11-36-9-20-27(40-11)24(31)25(32)29(41-20)42-26-14-7-17-16(38-10-39-17)6-13(14)21(22-15(26)8-37-28(22)33)12-4-18(34-2)23(30)19(5-12)35-3/h3*4-7,11,15,20-22,24-27,29-32H,8-10H2,1-3H3/t3*11-,15+,20-,21-,22+,24-,25-,26-,27-,29+/m111/s1/i2D3,3D3,8D2,9D2,21D;2D3,3D3,8D2,9D2;10D2. The molecule has 9 N–H and O–H groups in total. The molecule has 0 bridgehead atoms. The molecule has 12 heterocycles. The van der Waals surface area contributed by atoms with Gasteiger partial charge in [0.25, 0.3) is 0 Å². The normalized spacial score (nSPS) is 42.1. The van der Waals surface area contributed by atoms with Gasteiger partial charge in [-0.3, -0.25) is 14.4 Å². The molecule has 0 spiro atoms. The van der Waals surface area contributed by atoms with Gasteiger partial charge in [0.1, 0.15) is 76.0 Å². The molecule has 0 aromatic heterocycles. The zero-order valence-corrected chi connectivity index (χ0v) is 66.3. The van der Waals surface area contributed by atoms with Crippen molar-refractivity contribution in [2.24, 2.45) is 35.5 Å². The van der Waals surface area contributed by atoms with Crippen molar-refractivity contribution in [3.05, 3.63) is 123 Å². The summed E-state index contributed by atoms with van der Waals surface area (Å²) < 4.78 is 335. The van der Waals surface area contributed by atoms with Crippen molar-refractivity contribution in [3.63, 3.8) is 0 Å². The molecule has 0 unspecified atom stereocenters. The fourth-order valence-corrected chi connectivity index (χ4v) is 18.6. The molecular weight excluding hydrogens is 1670 g/mol. The van der Waals surface area contributed by atoms with Crippen molar-refractivity contribution < 1.29 is 220 Å². The number of cyclic esters (lactones) is 3. The molecule has 0 saturated carbocycles. The first kappa shape index (κ1) is 62.2. The van der Waals surface area contributed by atoms with Crippen LogP contribution in [0.4, 0.5) is 0 Å². The molecular formula is C87H96O39. The summed E-state index contributed by atoms with van der Waals surface area (Å²) in [5.41, 5.74) is 1.03. The maximum Gasteiger partial charge on any atom is 0.310 e. The smallest absolute Gasteiger partial charge is 0.310 e. The van der Waals surface area contributed by atoms with E-state index in [2.05, 4.69) is 0 Å². The molecule has 9 saturated heterocycles. The van der Waals surface area contributed by atoms with Crippen molar-refractivity contribution in [1.82, 2.24) is 0 Å². The van der Waals surface area contributed by atoms with E-state index in [-0.39, 0.29) is 106 Å². The van der Waals surface area contributed by atoms with E-state index in [1.807, 2.05) is 0 Å². The molecule has 678 valence electrons. The van der Waals surface area contributed by atoms with Gasteiger partial charge in [-0.2, -0.15) is 0 Å². The first-order valence-corrected chi connectivity index (χ1v) is 39.4. The maximum absolute atomic E-state index is 13.8. The lowest BCUT2D eigenvalue weighted by atomic mass is 9.66. The van der Waals surface area contributed by atoms with E-state index >= 15 is 0 Å². The minimum atomic E-state index is -3.23. The van der Waals surface area contributed by atoms with E-state index in [0.29, 0.717) is 16.7 Å². The lowest BCUT2D eigenvalue weighted by molar-refractivity contribution is -0.364. The molecule has 3 aliphatic carbocycles. The van der Waals surface area contributed by atoms with E-state index < -0.39 is 302 Å². The summed E-state index contributed by atoms with van der Waals surface area (Å²) in [7, 11) is -9.97. The number of fused-ring (bicyclic) bond motifs is 12. The molecule has 39 nitrogen and oxygen atoms in total. The molecule has 12 aliphatic heterocycles. The molecule has 0 amide bonds. The highest BCUT2D eigenvalue weighted by Crippen LogP contribution is 2.62. The number of rotatable bonds is 15. The molecule has 9 fully saturated rings. The fraction of sp³-hybridized carbons (Fsp3) is 0.552. The molecule has 126 heavy (non-hydrogen) atoms. The van der Waals surface area contributed by atoms with Gasteiger partial charge in [0.15, 0.2) is 107 Å². The number of carbonyl (C=O) groups excluding carboxylic acids is 3. The number of methoxy groups -OCH3 is 6. The topological polar surface area (TPSA) is 482 Å². The van der Waals surface area contributed by atoms with Crippen molar-refractivity contribution >= 4 is 17.9 Å². The summed E-state index contributed by atoms with van der Waals surface area (Å²) in [4.78, 5) is 41.0. The Bertz CT molecular complexity index is 6080. The van der Waals surface area contributed by atoms with Gasteiger partial charge in [0, 0.05) is 36.9 Å². The number of carbonyl (C=O) groups is 3. The number of aliphatic hydroxyl groups excluding tert-OH is 6. The van der Waals surface area contributed by atoms with Crippen LogP contribution < -0.4 is 56.8 Å². The van der Waals surface area contributed by atoms with Crippen molar-refractivity contribution in [1.29, 1.82) is 0 Å². The SMILES string of the molecule is [2H]C([2H])([2H])Oc1cc([C@@H]2c3cc4c(cc3[C@@H](O[C@@H]3O[C@H]5[C@@H](O[C@H](C)OC5([2H])[2H])[C@H](O)[C@H]3O)[C@@H]3[C@@H]2C(=O)OC3([2H])[2H])OCO4)cc(OC([2H])([2H])[2H])c1O.[2H]C([2H])([2H])Oc1cc([C@]2([2H])c3cc4c(cc3[C@@H](O[C@@H]3O[C@H]5[C@@H](O[C@H](C)OC5([2H])[2H])[C@H](O)[C@H]3O)[C@@H]3[C@@H]2C(=O)OC3([2H])[2H])OCO4)cc(OC([2H])([2H])[2H])c1O.[2H]C1([2H])Oc2cc3c(cc2O1)[C@@H](O[C@@H]1O[C@@H]2CO[C@@H](C)O[C@H]2[C@H](O)[C@H]1O)[C@H]1COC(=O)[C@@H]1[C@@H]3c1cc(OC)c(O)c(OC)c1. The van der Waals surface area contributed by atoms with Crippen LogP contribution >= 0.6 is 0 Å². The van der Waals surface area contributed by atoms with Crippen LogP contribution in [0.25, 0.3) is 0 Å². The zero-order valence-electron chi connectivity index (χ0n) is 89.3. The monoisotopic (exact) mass is 1790 g/mol. The Morgan fingerprint density at radius 3 is 1.13 bits per heavy atom. The van der Waals surface area contributed by atoms with Gasteiger partial charge in [0.2, 0.25) is 37.6 Å². The third-order valence-electron chi connectivity index (χ3n) is 24.4. The largest absolute Gasteiger partial charge is 0.502 e. The second-order valence-electron chi connectivity index (χ2n) is 31.3. The van der Waals surface area contributed by atoms with E-state index in [1.165, 1.54) is 52.3 Å². The summed E-state index contributed by atoms with van der Waals surface area (Å²) in [5, 5.41) is 98.7. The Kier molecular flexibility index (Phi) is 16.9. The number of ether oxygens (including phenoxy) is 27. The quantitative estimate of drug-likeness (QED) is 0.0518. The van der Waals surface area contributed by atoms with Crippen LogP contribution in [0.1, 0.15) is 138 Å². The van der Waals surface area contributed by atoms with E-state index in [0.717, 1.165) is 24.3 Å². The van der Waals surface area contributed by atoms with Gasteiger partial charge >= 0.3 is 17.9 Å². The molecule has 0 radical (unpaired) electrons. The van der Waals surface area contributed by atoms with Crippen LogP contribution in [0.3, 0.4) is 0 Å². The van der Waals surface area contributed by atoms with Crippen LogP contribution in [-0.4, -0.2) is 277 Å². The Balaban J connectivity index is 0.000000141. The highest BCUT2D eigenvalue weighted by atomic mass is 16.8. The fourth-order valence-electron chi connectivity index (χ4n) is 18.6. The molecule has 6 aromatic rings. The number of hydrogen-bond acceptors (Lipinski definition) is 39. The number of benzene rings is 6. The van der Waals surface area contributed by atoms with Crippen LogP contribution in [0.5, 0.6) is 86.2 Å². The molecule has 21 rings (SSSR count). The minimum Gasteiger partial charge on any atom is -0.502 e. The maximum atomic E-state index is 13.8. The summed E-state index contributed by atoms with van der Waals surface area (Å²) in [6.07, 6.45) is -30.2. The Labute approximate surface area is 750 Å². The molecule has 6 aromatic carbocycles. The third kappa shape index (κ3) is 14.8. The second-order valence-corrected chi connectivity index (χ2v) is 31.3. The summed E-state index contributed by atoms with van der Waals surface area (Å²) >= 11 is 0. The lowest BCUT2D eigenvalue weighted by Crippen LogP contribution is -2.63. The summed E-state index contributed by atoms with van der Waals surface area (Å²) in [6.45, 7) is -9.36. The van der Waals surface area contributed by atoms with Gasteiger partial charge in [-0.15, -0.1) is 0 Å². The first-order chi connectivity index (χ1) is 69.4. The number of hydrogen-bond donors (Lipinski definition) is 9. The number of esters is 3. The van der Waals surface area contributed by atoms with E-state index in [4.69, 9.17) is 158 Å². The first-order valence-electron chi connectivity index (χ1n) is 50.9. The summed E-state index contributed by atoms with van der Waals surface area (Å²) in [5.74, 6) is -20.5. The molecule has 15 aliphatic rings. The number of phenols is 3. The minimum absolute atomic E-state index is 0.0348. The number of aliphatic hydroxyl groups is 6. The van der Waals surface area contributed by atoms with E-state index in [9.17, 15) is 61.7 Å². The van der Waals surface area contributed by atoms with Crippen LogP contribution in [0.2, 0.25) is 0 Å². The molecule has 30 atom stereocenters. The Hall–Kier alpha value is -9.99. The number of aromatic hydroxyl groups is 3. The van der Waals surface area contributed by atoms with Gasteiger partial charge in [-0.05, 0) is 144 Å². The van der Waals surface area contributed by atoms with Crippen LogP contribution in [0, 0.1) is 35.5 Å². The van der Waals surface area contributed by atoms with Crippen molar-refractivity contribution in [3.8, 4) is 86.2 Å². The van der Waals surface area contributed by atoms with Gasteiger partial charge in [-0.25, -0.2) is 0 Å². The predicted molar refractivity (Wildman–Crippen MR) is 415 cm³/mol. The average Bonchev–Trinajstić information content (AvgIpc) is 1.57. The van der Waals surface area contributed by atoms with Crippen molar-refractivity contribution in [2.75, 3.05) is 102 Å². The summed E-state index contributed by atoms with van der Waals surface area (Å²) in [6, 6.07) is 15.5. The van der Waals surface area contributed by atoms with Crippen LogP contribution in [-0.2, 0) is 85.4 Å². The molecule has 39 heteroatoms. The number of phenolic OH excluding ortho intramolecular Hbond substituents is 3. The average molecular weight is 1790 g/mol. The van der Waals surface area contributed by atoms with Crippen molar-refractivity contribution in [2.45, 2.75) is 168 Å². The zero-order chi connectivity index (χ0) is 108. The third-order valence-corrected chi connectivity index (χ3v) is 24.4. The van der Waals surface area contributed by atoms with Crippen LogP contribution in [0.15, 0.2) is 72.8 Å². The van der Waals surface area contributed by atoms with Gasteiger partial charge < -0.3 is 174 Å². The van der Waals surface area contributed by atoms with Gasteiger partial charge in [0.05, 0.1) is 145 Å². The van der Waals surface area contributed by atoms with E-state index in [1.54, 1.807) is 31.2 Å². The van der Waals surface area contributed by atoms with Gasteiger partial charge in [-0.1, -0.05) is 0 Å². The predicted octanol–water partition coefficient (Wildman–Crippen LogP) is 4.02.